The fraction of sp³-hybridized carbons (Fsp3) is 0. The van der Waals surface area contributed by atoms with Crippen LogP contribution in [-0.4, -0.2) is 17.0 Å². The van der Waals surface area contributed by atoms with Crippen LogP contribution >= 0.6 is 27.3 Å². The summed E-state index contributed by atoms with van der Waals surface area (Å²) in [7, 11) is 0. The third kappa shape index (κ3) is 3.14. The Kier molecular flexibility index (Phi) is 4.35. The summed E-state index contributed by atoms with van der Waals surface area (Å²) in [5.74, 6) is -1.21. The molecular weight excluding hydrogens is 349 g/mol. The summed E-state index contributed by atoms with van der Waals surface area (Å²) in [6.07, 6.45) is 0. The van der Waals surface area contributed by atoms with Gasteiger partial charge in [-0.1, -0.05) is 5.16 Å². The van der Waals surface area contributed by atoms with Crippen molar-refractivity contribution in [2.45, 2.75) is 0 Å². The maximum absolute atomic E-state index is 13.2. The molecule has 0 saturated carbocycles. The van der Waals surface area contributed by atoms with E-state index in [-0.39, 0.29) is 23.0 Å². The van der Waals surface area contributed by atoms with Gasteiger partial charge in [0.05, 0.1) is 15.0 Å². The number of hydrogen-bond acceptors (Lipinski definition) is 4. The molecule has 20 heavy (non-hydrogen) atoms. The highest BCUT2D eigenvalue weighted by Crippen LogP contribution is 2.23. The van der Waals surface area contributed by atoms with E-state index in [1.165, 1.54) is 23.5 Å². The number of anilines is 1. The first-order valence-corrected chi connectivity index (χ1v) is 7.01. The third-order valence-corrected chi connectivity index (χ3v) is 3.95. The van der Waals surface area contributed by atoms with E-state index in [1.807, 2.05) is 0 Å². The molecule has 0 saturated heterocycles. The molecule has 8 heteroatoms. The number of carbonyl (C=O) groups excluding carboxylic acids is 1. The van der Waals surface area contributed by atoms with Crippen molar-refractivity contribution in [3.63, 3.8) is 0 Å². The number of oxime groups is 1. The van der Waals surface area contributed by atoms with Gasteiger partial charge in [0.25, 0.3) is 5.91 Å². The third-order valence-electron chi connectivity index (χ3n) is 2.44. The number of hydrogen-bond donors (Lipinski definition) is 3. The van der Waals surface area contributed by atoms with Crippen LogP contribution in [0.25, 0.3) is 0 Å². The topological polar surface area (TPSA) is 87.7 Å². The molecule has 0 aliphatic heterocycles. The van der Waals surface area contributed by atoms with Crippen LogP contribution in [0.2, 0.25) is 0 Å². The zero-order valence-electron chi connectivity index (χ0n) is 9.93. The fourth-order valence-electron chi connectivity index (χ4n) is 1.51. The van der Waals surface area contributed by atoms with Crippen molar-refractivity contribution in [2.75, 3.05) is 5.32 Å². The van der Waals surface area contributed by atoms with Crippen molar-refractivity contribution in [1.82, 2.24) is 0 Å². The second-order valence-corrected chi connectivity index (χ2v) is 6.06. The lowest BCUT2D eigenvalue weighted by Gasteiger charge is -2.09. The van der Waals surface area contributed by atoms with Gasteiger partial charge in [-0.15, -0.1) is 11.3 Å². The van der Waals surface area contributed by atoms with E-state index in [0.717, 1.165) is 9.85 Å². The highest BCUT2D eigenvalue weighted by atomic mass is 79.9. The van der Waals surface area contributed by atoms with Gasteiger partial charge in [0, 0.05) is 10.9 Å². The lowest BCUT2D eigenvalue weighted by atomic mass is 10.1. The second kappa shape index (κ2) is 6.02. The van der Waals surface area contributed by atoms with E-state index >= 15 is 0 Å². The quantitative estimate of drug-likeness (QED) is 0.341. The lowest BCUT2D eigenvalue weighted by molar-refractivity contribution is 0.102. The van der Waals surface area contributed by atoms with Gasteiger partial charge in [-0.05, 0) is 40.2 Å². The number of benzene rings is 1. The Bertz CT molecular complexity index is 687. The van der Waals surface area contributed by atoms with Crippen LogP contribution in [0, 0.1) is 5.82 Å². The zero-order chi connectivity index (χ0) is 14.7. The van der Waals surface area contributed by atoms with Crippen molar-refractivity contribution in [1.29, 1.82) is 0 Å². The number of nitrogens with zero attached hydrogens (tertiary/aromatic N) is 1. The molecule has 104 valence electrons. The predicted molar refractivity (Wildman–Crippen MR) is 78.9 cm³/mol. The van der Waals surface area contributed by atoms with Crippen LogP contribution in [0.15, 0.2) is 38.6 Å². The molecule has 0 radical (unpaired) electrons. The molecule has 0 fully saturated rings. The van der Waals surface area contributed by atoms with E-state index in [2.05, 4.69) is 26.4 Å². The molecule has 0 spiro atoms. The maximum atomic E-state index is 13.2. The smallest absolute Gasteiger partial charge is 0.256 e. The first-order valence-electron chi connectivity index (χ1n) is 5.34. The second-order valence-electron chi connectivity index (χ2n) is 3.77. The van der Waals surface area contributed by atoms with Crippen LogP contribution in [0.3, 0.4) is 0 Å². The van der Waals surface area contributed by atoms with Crippen LogP contribution in [0.5, 0.6) is 0 Å². The number of thiophene rings is 1. The number of halogens is 2. The average molecular weight is 358 g/mol. The summed E-state index contributed by atoms with van der Waals surface area (Å²) in [4.78, 5) is 12.0. The minimum Gasteiger partial charge on any atom is -0.409 e. The largest absolute Gasteiger partial charge is 0.409 e. The van der Waals surface area contributed by atoms with E-state index in [1.54, 1.807) is 11.4 Å². The Morgan fingerprint density at radius 3 is 2.80 bits per heavy atom. The number of amidine groups is 1. The van der Waals surface area contributed by atoms with Gasteiger partial charge in [-0.3, -0.25) is 4.79 Å². The minimum atomic E-state index is -0.553. The fourth-order valence-corrected chi connectivity index (χ4v) is 2.65. The highest BCUT2D eigenvalue weighted by Gasteiger charge is 2.13. The highest BCUT2D eigenvalue weighted by molar-refractivity contribution is 9.11. The normalized spacial score (nSPS) is 11.4. The zero-order valence-corrected chi connectivity index (χ0v) is 12.3. The molecule has 0 unspecified atom stereocenters. The molecule has 0 aliphatic carbocycles. The number of carbonyl (C=O) groups is 1. The van der Waals surface area contributed by atoms with Crippen molar-refractivity contribution in [3.8, 4) is 0 Å². The number of amides is 1. The monoisotopic (exact) mass is 357 g/mol. The first kappa shape index (κ1) is 14.5. The molecule has 0 bridgehead atoms. The molecule has 5 nitrogen and oxygen atoms in total. The minimum absolute atomic E-state index is 0.107. The van der Waals surface area contributed by atoms with Gasteiger partial charge < -0.3 is 16.3 Å². The Labute approximate surface area is 126 Å². The summed E-state index contributed by atoms with van der Waals surface area (Å²) in [5, 5.41) is 15.8. The molecule has 0 atom stereocenters. The standard InChI is InChI=1S/C12H9BrFN3O2S/c13-10-3-6(5-20-10)12(18)16-9-2-1-7(14)4-8(9)11(15)17-19/h1-5,19H,(H2,15,17)(H,16,18). The maximum Gasteiger partial charge on any atom is 0.256 e. The summed E-state index contributed by atoms with van der Waals surface area (Å²) < 4.78 is 14.0. The van der Waals surface area contributed by atoms with Crippen LogP contribution in [0.4, 0.5) is 10.1 Å². The lowest BCUT2D eigenvalue weighted by Crippen LogP contribution is -2.19. The van der Waals surface area contributed by atoms with Gasteiger partial charge in [0.1, 0.15) is 5.82 Å². The molecule has 1 aromatic carbocycles. The van der Waals surface area contributed by atoms with E-state index in [9.17, 15) is 9.18 Å². The van der Waals surface area contributed by atoms with E-state index < -0.39 is 5.82 Å². The van der Waals surface area contributed by atoms with Crippen LogP contribution in [0.1, 0.15) is 15.9 Å². The molecule has 2 aromatic rings. The molecule has 2 rings (SSSR count). The van der Waals surface area contributed by atoms with Crippen molar-refractivity contribution < 1.29 is 14.4 Å². The van der Waals surface area contributed by atoms with Crippen LogP contribution < -0.4 is 11.1 Å². The van der Waals surface area contributed by atoms with Crippen molar-refractivity contribution >= 4 is 44.7 Å². The van der Waals surface area contributed by atoms with Gasteiger partial charge >= 0.3 is 0 Å². The van der Waals surface area contributed by atoms with Crippen LogP contribution in [-0.2, 0) is 0 Å². The summed E-state index contributed by atoms with van der Waals surface area (Å²) >= 11 is 4.63. The molecule has 1 aromatic heterocycles. The number of rotatable bonds is 3. The van der Waals surface area contributed by atoms with E-state index in [4.69, 9.17) is 10.9 Å². The predicted octanol–water partition coefficient (Wildman–Crippen LogP) is 3.00. The summed E-state index contributed by atoms with van der Waals surface area (Å²) in [6, 6.07) is 5.26. The first-order chi connectivity index (χ1) is 9.51. The van der Waals surface area contributed by atoms with Gasteiger partial charge in [0.2, 0.25) is 0 Å². The molecular formula is C12H9BrFN3O2S. The average Bonchev–Trinajstić information content (AvgIpc) is 2.86. The molecule has 1 amide bonds. The number of nitrogens with one attached hydrogen (secondary N) is 1. The summed E-state index contributed by atoms with van der Waals surface area (Å²) in [6.45, 7) is 0. The van der Waals surface area contributed by atoms with Crippen molar-refractivity contribution in [2.24, 2.45) is 10.9 Å². The molecule has 1 heterocycles. The van der Waals surface area contributed by atoms with E-state index in [0.29, 0.717) is 5.56 Å². The van der Waals surface area contributed by atoms with Gasteiger partial charge in [-0.2, -0.15) is 0 Å². The summed E-state index contributed by atoms with van der Waals surface area (Å²) in [5.41, 5.74) is 6.28. The van der Waals surface area contributed by atoms with Crippen molar-refractivity contribution in [3.05, 3.63) is 50.4 Å². The van der Waals surface area contributed by atoms with Gasteiger partial charge in [0.15, 0.2) is 5.84 Å². The molecule has 4 N–H and O–H groups in total. The SMILES string of the molecule is N/C(=N/O)c1cc(F)ccc1NC(=O)c1csc(Br)c1. The Balaban J connectivity index is 2.32. The molecule has 0 aliphatic rings. The number of nitrogens with two attached hydrogens (primary N) is 1. The Morgan fingerprint density at radius 1 is 1.45 bits per heavy atom. The Hall–Kier alpha value is -1.93. The Morgan fingerprint density at radius 2 is 2.20 bits per heavy atom. The van der Waals surface area contributed by atoms with Gasteiger partial charge in [-0.25, -0.2) is 4.39 Å².